The zero-order chi connectivity index (χ0) is 9.84. The van der Waals surface area contributed by atoms with Gasteiger partial charge >= 0.3 is 0 Å². The van der Waals surface area contributed by atoms with Crippen LogP contribution in [0.4, 0.5) is 0 Å². The van der Waals surface area contributed by atoms with Gasteiger partial charge in [0.05, 0.1) is 5.88 Å². The third-order valence-electron chi connectivity index (χ3n) is 1.71. The molecular weight excluding hydrogens is 182 g/mol. The molecule has 74 valence electrons. The van der Waals surface area contributed by atoms with Gasteiger partial charge in [-0.05, 0) is 19.8 Å². The van der Waals surface area contributed by atoms with Gasteiger partial charge in [-0.1, -0.05) is 25.6 Å². The summed E-state index contributed by atoms with van der Waals surface area (Å²) in [6.07, 6.45) is 1.87. The van der Waals surface area contributed by atoms with E-state index in [1.807, 2.05) is 6.21 Å². The third-order valence-corrected chi connectivity index (χ3v) is 2.69. The van der Waals surface area contributed by atoms with Gasteiger partial charge in [0.2, 0.25) is 0 Å². The highest BCUT2D eigenvalue weighted by atomic mass is 32.2. The van der Waals surface area contributed by atoms with Crippen LogP contribution in [0.2, 0.25) is 0 Å². The monoisotopic (exact) mass is 199 g/mol. The molecule has 0 unspecified atom stereocenters. The highest BCUT2D eigenvalue weighted by Gasteiger charge is 2.25. The number of hydrogen-bond donors (Lipinski definition) is 0. The Morgan fingerprint density at radius 3 is 2.46 bits per heavy atom. The van der Waals surface area contributed by atoms with Crippen molar-refractivity contribution in [1.82, 2.24) is 4.90 Å². The topological polar surface area (TPSA) is 28.0 Å². The minimum atomic E-state index is 0.474. The van der Waals surface area contributed by atoms with E-state index in [-0.39, 0.29) is 0 Å². The molecule has 0 spiro atoms. The molecule has 1 saturated heterocycles. The van der Waals surface area contributed by atoms with E-state index >= 15 is 0 Å². The standard InChI is InChI=1S/C9H17N3S/c1-7(2)5-10-11-9-12(6-13-9)8(3)4/h5,7-8H,6H2,1-4H3/b10-5+,11-9-. The summed E-state index contributed by atoms with van der Waals surface area (Å²) in [4.78, 5) is 2.24. The fourth-order valence-corrected chi connectivity index (χ4v) is 1.88. The molecule has 0 radical (unpaired) electrons. The van der Waals surface area contributed by atoms with Crippen LogP contribution in [0, 0.1) is 5.92 Å². The number of hydrogen-bond acceptors (Lipinski definition) is 3. The molecule has 0 aromatic carbocycles. The van der Waals surface area contributed by atoms with E-state index in [4.69, 9.17) is 0 Å². The lowest BCUT2D eigenvalue weighted by Gasteiger charge is -2.36. The maximum atomic E-state index is 4.15. The van der Waals surface area contributed by atoms with E-state index in [0.29, 0.717) is 12.0 Å². The molecule has 0 N–H and O–H groups in total. The average molecular weight is 199 g/mol. The molecule has 0 aliphatic carbocycles. The van der Waals surface area contributed by atoms with Crippen molar-refractivity contribution in [3.8, 4) is 0 Å². The van der Waals surface area contributed by atoms with Crippen LogP contribution >= 0.6 is 11.8 Å². The molecule has 1 aliphatic heterocycles. The Labute approximate surface area is 84.3 Å². The molecule has 0 bridgehead atoms. The Hall–Kier alpha value is -0.510. The van der Waals surface area contributed by atoms with Gasteiger partial charge in [-0.2, -0.15) is 5.10 Å². The quantitative estimate of drug-likeness (QED) is 0.515. The summed E-state index contributed by atoms with van der Waals surface area (Å²) < 4.78 is 0. The third kappa shape index (κ3) is 3.03. The van der Waals surface area contributed by atoms with Gasteiger partial charge in [-0.15, -0.1) is 5.10 Å². The highest BCUT2D eigenvalue weighted by Crippen LogP contribution is 2.25. The van der Waals surface area contributed by atoms with E-state index in [2.05, 4.69) is 42.8 Å². The summed E-state index contributed by atoms with van der Waals surface area (Å²) in [5.41, 5.74) is 0. The minimum absolute atomic E-state index is 0.474. The summed E-state index contributed by atoms with van der Waals surface area (Å²) in [5, 5.41) is 9.22. The van der Waals surface area contributed by atoms with Crippen LogP contribution < -0.4 is 0 Å². The first-order valence-corrected chi connectivity index (χ1v) is 5.60. The summed E-state index contributed by atoms with van der Waals surface area (Å²) >= 11 is 1.76. The Morgan fingerprint density at radius 2 is 2.08 bits per heavy atom. The fraction of sp³-hybridized carbons (Fsp3) is 0.778. The summed E-state index contributed by atoms with van der Waals surface area (Å²) in [6.45, 7) is 8.53. The van der Waals surface area contributed by atoms with Crippen LogP contribution in [0.25, 0.3) is 0 Å². The van der Waals surface area contributed by atoms with E-state index < -0.39 is 0 Å². The molecule has 13 heavy (non-hydrogen) atoms. The molecule has 1 aliphatic rings. The molecule has 4 heteroatoms. The molecule has 0 aromatic heterocycles. The Morgan fingerprint density at radius 1 is 1.38 bits per heavy atom. The van der Waals surface area contributed by atoms with Crippen LogP contribution in [0.1, 0.15) is 27.7 Å². The maximum absolute atomic E-state index is 4.15. The first kappa shape index (κ1) is 10.6. The van der Waals surface area contributed by atoms with E-state index in [1.54, 1.807) is 11.8 Å². The molecule has 3 nitrogen and oxygen atoms in total. The van der Waals surface area contributed by atoms with E-state index in [9.17, 15) is 0 Å². The van der Waals surface area contributed by atoms with Gasteiger partial charge in [-0.25, -0.2) is 0 Å². The first-order chi connectivity index (χ1) is 6.11. The van der Waals surface area contributed by atoms with Crippen molar-refractivity contribution in [2.45, 2.75) is 33.7 Å². The SMILES string of the molecule is CC(C)/C=N/N=C1\SCN1C(C)C. The van der Waals surface area contributed by atoms with Gasteiger partial charge in [0, 0.05) is 12.3 Å². The highest BCUT2D eigenvalue weighted by molar-refractivity contribution is 8.15. The van der Waals surface area contributed by atoms with E-state index in [1.165, 1.54) is 0 Å². The predicted octanol–water partition coefficient (Wildman–Crippen LogP) is 2.40. The Bertz CT molecular complexity index is 221. The van der Waals surface area contributed by atoms with Gasteiger partial charge in [0.15, 0.2) is 5.17 Å². The van der Waals surface area contributed by atoms with Gasteiger partial charge in [-0.3, -0.25) is 0 Å². The van der Waals surface area contributed by atoms with Crippen molar-refractivity contribution in [1.29, 1.82) is 0 Å². The lowest BCUT2D eigenvalue weighted by atomic mass is 10.3. The number of thioether (sulfide) groups is 1. The normalized spacial score (nSPS) is 20.8. The Kier molecular flexibility index (Phi) is 3.78. The number of amidine groups is 1. The van der Waals surface area contributed by atoms with E-state index in [0.717, 1.165) is 11.0 Å². The van der Waals surface area contributed by atoms with Crippen molar-refractivity contribution in [2.75, 3.05) is 5.88 Å². The van der Waals surface area contributed by atoms with Gasteiger partial charge < -0.3 is 4.90 Å². The summed E-state index contributed by atoms with van der Waals surface area (Å²) in [7, 11) is 0. The lowest BCUT2D eigenvalue weighted by molar-refractivity contribution is 0.396. The van der Waals surface area contributed by atoms with Gasteiger partial charge in [0.25, 0.3) is 0 Å². The van der Waals surface area contributed by atoms with Crippen molar-refractivity contribution in [3.63, 3.8) is 0 Å². The second-order valence-corrected chi connectivity index (χ2v) is 4.64. The second kappa shape index (κ2) is 4.65. The van der Waals surface area contributed by atoms with Crippen LogP contribution in [0.5, 0.6) is 0 Å². The molecule has 0 saturated carbocycles. The van der Waals surface area contributed by atoms with Crippen LogP contribution in [-0.4, -0.2) is 28.2 Å². The molecule has 0 aromatic rings. The zero-order valence-electron chi connectivity index (χ0n) is 8.69. The number of rotatable bonds is 3. The Balaban J connectivity index is 2.44. The average Bonchev–Trinajstić information content (AvgIpc) is 1.93. The van der Waals surface area contributed by atoms with Crippen molar-refractivity contribution in [2.24, 2.45) is 16.1 Å². The number of nitrogens with zero attached hydrogens (tertiary/aromatic N) is 3. The summed E-state index contributed by atoms with van der Waals surface area (Å²) in [6, 6.07) is 0.536. The molecule has 1 rings (SSSR count). The minimum Gasteiger partial charge on any atom is -0.338 e. The van der Waals surface area contributed by atoms with Crippen molar-refractivity contribution in [3.05, 3.63) is 0 Å². The molecule has 0 amide bonds. The van der Waals surface area contributed by atoms with Crippen molar-refractivity contribution < 1.29 is 0 Å². The maximum Gasteiger partial charge on any atom is 0.188 e. The second-order valence-electron chi connectivity index (χ2n) is 3.73. The molecule has 0 atom stereocenters. The molecular formula is C9H17N3S. The smallest absolute Gasteiger partial charge is 0.188 e. The molecule has 1 fully saturated rings. The van der Waals surface area contributed by atoms with Crippen LogP contribution in [0.3, 0.4) is 0 Å². The van der Waals surface area contributed by atoms with Crippen LogP contribution in [-0.2, 0) is 0 Å². The van der Waals surface area contributed by atoms with Crippen LogP contribution in [0.15, 0.2) is 10.2 Å². The fourth-order valence-electron chi connectivity index (χ4n) is 0.869. The predicted molar refractivity (Wildman–Crippen MR) is 60.2 cm³/mol. The van der Waals surface area contributed by atoms with Crippen molar-refractivity contribution >= 4 is 23.1 Å². The lowest BCUT2D eigenvalue weighted by Crippen LogP contribution is -2.43. The first-order valence-electron chi connectivity index (χ1n) is 4.62. The van der Waals surface area contributed by atoms with Gasteiger partial charge in [0.1, 0.15) is 0 Å². The molecule has 1 heterocycles. The largest absolute Gasteiger partial charge is 0.338 e. The zero-order valence-corrected chi connectivity index (χ0v) is 9.51. The summed E-state index contributed by atoms with van der Waals surface area (Å²) in [5.74, 6) is 1.52.